The molecule has 18 heavy (non-hydrogen) atoms. The topological polar surface area (TPSA) is 18.5 Å². The van der Waals surface area contributed by atoms with E-state index in [1.165, 1.54) is 19.1 Å². The van der Waals surface area contributed by atoms with Crippen molar-refractivity contribution in [2.24, 2.45) is 0 Å². The summed E-state index contributed by atoms with van der Waals surface area (Å²) in [4.78, 5) is 0. The zero-order valence-electron chi connectivity index (χ0n) is 10.5. The van der Waals surface area contributed by atoms with Gasteiger partial charge < -0.3 is 22.4 Å². The van der Waals surface area contributed by atoms with Gasteiger partial charge >= 0.3 is 58.4 Å². The first-order valence-corrected chi connectivity index (χ1v) is 5.52. The molecule has 1 aromatic rings. The predicted octanol–water partition coefficient (Wildman–Crippen LogP) is -0.779. The molecule has 2 nitrogen and oxygen atoms in total. The van der Waals surface area contributed by atoms with Crippen molar-refractivity contribution in [1.82, 2.24) is 0 Å². The Kier molecular flexibility index (Phi) is 6.21. The molecule has 1 saturated heterocycles. The van der Waals surface area contributed by atoms with Gasteiger partial charge in [-0.2, -0.15) is 0 Å². The quantitative estimate of drug-likeness (QED) is 0.678. The van der Waals surface area contributed by atoms with Crippen LogP contribution in [-0.2, 0) is 4.74 Å². The number of ether oxygens (including phenoxy) is 2. The van der Waals surface area contributed by atoms with E-state index in [2.05, 4.69) is 0 Å². The zero-order chi connectivity index (χ0) is 12.5. The first-order valence-electron chi connectivity index (χ1n) is 5.52. The molecule has 0 saturated carbocycles. The van der Waals surface area contributed by atoms with Gasteiger partial charge in [0.1, 0.15) is 11.9 Å². The van der Waals surface area contributed by atoms with Crippen LogP contribution in [0.3, 0.4) is 0 Å². The number of hydrogen-bond donors (Lipinski definition) is 0. The minimum Gasteiger partial charge on any atom is -0.488 e. The Bertz CT molecular complexity index is 406. The largest absolute Gasteiger partial charge is 1.00 e. The van der Waals surface area contributed by atoms with Crippen LogP contribution in [0, 0.1) is 6.92 Å². The van der Waals surface area contributed by atoms with Crippen LogP contribution < -0.4 is 61.6 Å². The number of hydrogen-bond acceptors (Lipinski definition) is 2. The van der Waals surface area contributed by atoms with E-state index in [9.17, 15) is 12.9 Å². The smallest absolute Gasteiger partial charge is 0.488 e. The minimum absolute atomic E-state index is 0. The van der Waals surface area contributed by atoms with Crippen molar-refractivity contribution in [3.63, 3.8) is 0 Å². The van der Waals surface area contributed by atoms with E-state index in [1.54, 1.807) is 0 Å². The maximum absolute atomic E-state index is 12.6. The van der Waals surface area contributed by atoms with Gasteiger partial charge in [0, 0.05) is 6.42 Å². The van der Waals surface area contributed by atoms with E-state index in [0.717, 1.165) is 12.5 Å². The summed E-state index contributed by atoms with van der Waals surface area (Å²) in [6.07, 6.45) is 0.737. The third kappa shape index (κ3) is 4.25. The van der Waals surface area contributed by atoms with Crippen molar-refractivity contribution in [3.05, 3.63) is 23.8 Å². The molecule has 7 heteroatoms. The Morgan fingerprint density at radius 2 is 2.06 bits per heavy atom. The van der Waals surface area contributed by atoms with Crippen LogP contribution in [-0.4, -0.2) is 26.3 Å². The van der Waals surface area contributed by atoms with Gasteiger partial charge in [-0.1, -0.05) is 11.6 Å². The van der Waals surface area contributed by atoms with Crippen molar-refractivity contribution in [2.45, 2.75) is 19.4 Å². The summed E-state index contributed by atoms with van der Waals surface area (Å²) in [5.74, 6) is 0.474. The van der Waals surface area contributed by atoms with Gasteiger partial charge in [-0.15, -0.1) is 5.46 Å². The minimum atomic E-state index is -4.94. The normalized spacial score (nSPS) is 19.4. The summed E-state index contributed by atoms with van der Waals surface area (Å²) in [5.41, 5.74) is -0.353. The Morgan fingerprint density at radius 1 is 1.33 bits per heavy atom. The zero-order valence-corrected chi connectivity index (χ0v) is 13.6. The first-order chi connectivity index (χ1) is 7.97. The number of benzene rings is 1. The summed E-state index contributed by atoms with van der Waals surface area (Å²) in [6.45, 7) is -2.35. The molecule has 0 spiro atoms. The van der Waals surface area contributed by atoms with Crippen LogP contribution in [0.5, 0.6) is 5.75 Å². The second-order valence-electron chi connectivity index (χ2n) is 4.20. The Morgan fingerprint density at radius 3 is 2.56 bits per heavy atom. The van der Waals surface area contributed by atoms with Crippen LogP contribution in [0.15, 0.2) is 18.2 Å². The average molecular weight is 284 g/mol. The molecule has 1 aromatic carbocycles. The van der Waals surface area contributed by atoms with Gasteiger partial charge in [-0.05, 0) is 19.1 Å². The van der Waals surface area contributed by atoms with Crippen molar-refractivity contribution < 1.29 is 73.8 Å². The van der Waals surface area contributed by atoms with Crippen molar-refractivity contribution in [2.75, 3.05) is 13.2 Å². The summed E-state index contributed by atoms with van der Waals surface area (Å²) in [7, 11) is 0. The fourth-order valence-electron chi connectivity index (χ4n) is 1.89. The van der Waals surface area contributed by atoms with Gasteiger partial charge in [0.15, 0.2) is 0 Å². The molecular weight excluding hydrogens is 271 g/mol. The van der Waals surface area contributed by atoms with Gasteiger partial charge in [0.25, 0.3) is 0 Å². The third-order valence-electron chi connectivity index (χ3n) is 2.78. The second-order valence-corrected chi connectivity index (χ2v) is 4.20. The molecule has 1 aliphatic heterocycles. The first kappa shape index (κ1) is 16.5. The van der Waals surface area contributed by atoms with Gasteiger partial charge in [-0.3, -0.25) is 0 Å². The van der Waals surface area contributed by atoms with Crippen molar-refractivity contribution in [3.8, 4) is 5.75 Å². The van der Waals surface area contributed by atoms with Crippen LogP contribution in [0.25, 0.3) is 0 Å². The van der Waals surface area contributed by atoms with Gasteiger partial charge in [-0.25, -0.2) is 0 Å². The van der Waals surface area contributed by atoms with E-state index in [-0.39, 0.29) is 63.1 Å². The Balaban J connectivity index is 0.00000162. The molecule has 1 fully saturated rings. The summed E-state index contributed by atoms with van der Waals surface area (Å²) in [5, 5.41) is 0. The number of rotatable bonds is 3. The molecule has 1 atom stereocenters. The van der Waals surface area contributed by atoms with E-state index >= 15 is 0 Å². The summed E-state index contributed by atoms with van der Waals surface area (Å²) in [6, 6.07) is 3.89. The van der Waals surface area contributed by atoms with Gasteiger partial charge in [0.2, 0.25) is 0 Å². The van der Waals surface area contributed by atoms with E-state index in [4.69, 9.17) is 9.47 Å². The molecule has 0 radical (unpaired) electrons. The summed E-state index contributed by atoms with van der Waals surface area (Å²) < 4.78 is 48.4. The molecule has 0 N–H and O–H groups in total. The van der Waals surface area contributed by atoms with Crippen LogP contribution in [0.1, 0.15) is 12.0 Å². The Hall–Kier alpha value is 0.471. The molecule has 1 aliphatic rings. The average Bonchev–Trinajstić information content (AvgIpc) is 2.68. The van der Waals surface area contributed by atoms with Crippen molar-refractivity contribution >= 4 is 12.4 Å². The third-order valence-corrected chi connectivity index (χ3v) is 2.78. The van der Waals surface area contributed by atoms with E-state index in [0.29, 0.717) is 19.0 Å². The van der Waals surface area contributed by atoms with Crippen LogP contribution in [0.4, 0.5) is 12.9 Å². The summed E-state index contributed by atoms with van der Waals surface area (Å²) >= 11 is 0. The molecule has 1 heterocycles. The van der Waals surface area contributed by atoms with Crippen LogP contribution in [0.2, 0.25) is 0 Å². The van der Waals surface area contributed by atoms with Crippen LogP contribution >= 0.6 is 0 Å². The number of halogens is 3. The fourth-order valence-corrected chi connectivity index (χ4v) is 1.89. The monoisotopic (exact) mass is 284 g/mol. The predicted molar refractivity (Wildman–Crippen MR) is 59.7 cm³/mol. The molecule has 2 rings (SSSR count). The molecule has 0 aliphatic carbocycles. The fraction of sp³-hybridized carbons (Fsp3) is 0.455. The number of aryl methyl sites for hydroxylation is 1. The molecular formula is C11H13BF3KO2. The van der Waals surface area contributed by atoms with Crippen molar-refractivity contribution in [1.29, 1.82) is 0 Å². The second kappa shape index (κ2) is 6.76. The molecule has 94 valence electrons. The molecule has 1 unspecified atom stereocenters. The van der Waals surface area contributed by atoms with E-state index < -0.39 is 12.4 Å². The maximum atomic E-state index is 12.6. The Labute approximate surface area is 147 Å². The SMILES string of the molecule is Cc1cc(OC2CCOC2)ccc1[B-](F)(F)F.[K+]. The van der Waals surface area contributed by atoms with Gasteiger partial charge in [0.05, 0.1) is 13.2 Å². The molecule has 0 bridgehead atoms. The molecule has 0 aromatic heterocycles. The standard InChI is InChI=1S/C11H13BF3O2.K/c1-8-6-9(17-10-4-5-16-7-10)2-3-11(8)12(13,14)15;/h2-3,6,10H,4-5,7H2,1H3;/q-1;+1. The van der Waals surface area contributed by atoms with E-state index in [1.807, 2.05) is 0 Å². The maximum Gasteiger partial charge on any atom is 1.00 e. The molecule has 0 amide bonds.